The molecule has 1 unspecified atom stereocenters. The zero-order chi connectivity index (χ0) is 15.9. The summed E-state index contributed by atoms with van der Waals surface area (Å²) in [6.45, 7) is 5.36. The lowest BCUT2D eigenvalue weighted by Gasteiger charge is -2.28. The third kappa shape index (κ3) is 4.80. The highest BCUT2D eigenvalue weighted by Crippen LogP contribution is 2.38. The molecular formula is C15H28N2O3S. The van der Waals surface area contributed by atoms with Crippen molar-refractivity contribution in [3.05, 3.63) is 0 Å². The van der Waals surface area contributed by atoms with Crippen molar-refractivity contribution in [3.8, 4) is 0 Å². The Balaban J connectivity index is 2.35. The van der Waals surface area contributed by atoms with Gasteiger partial charge in [0.25, 0.3) is 0 Å². The Labute approximate surface area is 131 Å². The Hall–Kier alpha value is -0.910. The first-order valence-corrected chi connectivity index (χ1v) is 9.08. The van der Waals surface area contributed by atoms with Crippen LogP contribution in [0.15, 0.2) is 0 Å². The van der Waals surface area contributed by atoms with E-state index in [1.807, 2.05) is 25.6 Å². The fraction of sp³-hybridized carbons (Fsp3) is 0.867. The zero-order valence-corrected chi connectivity index (χ0v) is 14.2. The molecule has 0 aromatic rings. The SMILES string of the molecule is CSCCCCCNC(=O)N1CCC(C(=O)O)(C(C)C)C1. The molecule has 0 aromatic heterocycles. The van der Waals surface area contributed by atoms with Gasteiger partial charge in [0, 0.05) is 19.6 Å². The van der Waals surface area contributed by atoms with Crippen LogP contribution in [-0.2, 0) is 4.79 Å². The predicted molar refractivity (Wildman–Crippen MR) is 86.7 cm³/mol. The molecule has 122 valence electrons. The van der Waals surface area contributed by atoms with Gasteiger partial charge in [0.05, 0.1) is 5.41 Å². The summed E-state index contributed by atoms with van der Waals surface area (Å²) in [5.74, 6) is 0.402. The molecule has 2 amide bonds. The van der Waals surface area contributed by atoms with E-state index in [1.54, 1.807) is 4.90 Å². The fourth-order valence-electron chi connectivity index (χ4n) is 2.75. The smallest absolute Gasteiger partial charge is 0.317 e. The van der Waals surface area contributed by atoms with Gasteiger partial charge in [0.15, 0.2) is 0 Å². The standard InChI is InChI=1S/C15H28N2O3S/c1-12(2)15(13(18)19)7-9-17(11-15)14(20)16-8-5-4-6-10-21-3/h12H,4-11H2,1-3H3,(H,16,20)(H,18,19). The zero-order valence-electron chi connectivity index (χ0n) is 13.4. The third-order valence-electron chi connectivity index (χ3n) is 4.42. The number of likely N-dealkylation sites (tertiary alicyclic amines) is 1. The number of nitrogens with zero attached hydrogens (tertiary/aromatic N) is 1. The van der Waals surface area contributed by atoms with Crippen molar-refractivity contribution in [1.82, 2.24) is 10.2 Å². The topological polar surface area (TPSA) is 69.6 Å². The first kappa shape index (κ1) is 18.1. The van der Waals surface area contributed by atoms with Crippen LogP contribution in [0.1, 0.15) is 39.5 Å². The Bertz CT molecular complexity index is 363. The number of carboxylic acid groups (broad SMARTS) is 1. The highest BCUT2D eigenvalue weighted by atomic mass is 32.2. The lowest BCUT2D eigenvalue weighted by molar-refractivity contribution is -0.150. The van der Waals surface area contributed by atoms with Gasteiger partial charge in [-0.3, -0.25) is 4.79 Å². The molecule has 0 bridgehead atoms. The molecule has 1 atom stereocenters. The summed E-state index contributed by atoms with van der Waals surface area (Å²) in [5.41, 5.74) is -0.782. The maximum atomic E-state index is 12.1. The van der Waals surface area contributed by atoms with Crippen LogP contribution in [0.5, 0.6) is 0 Å². The van der Waals surface area contributed by atoms with Gasteiger partial charge in [-0.2, -0.15) is 11.8 Å². The number of carbonyl (C=O) groups is 2. The van der Waals surface area contributed by atoms with Gasteiger partial charge in [-0.15, -0.1) is 0 Å². The monoisotopic (exact) mass is 316 g/mol. The Morgan fingerprint density at radius 2 is 2.05 bits per heavy atom. The van der Waals surface area contributed by atoms with E-state index in [-0.39, 0.29) is 11.9 Å². The molecule has 0 saturated carbocycles. The van der Waals surface area contributed by atoms with Crippen LogP contribution < -0.4 is 5.32 Å². The van der Waals surface area contributed by atoms with E-state index >= 15 is 0 Å². The number of nitrogens with one attached hydrogen (secondary N) is 1. The van der Waals surface area contributed by atoms with E-state index < -0.39 is 11.4 Å². The van der Waals surface area contributed by atoms with Gasteiger partial charge in [-0.1, -0.05) is 20.3 Å². The number of thioether (sulfide) groups is 1. The summed E-state index contributed by atoms with van der Waals surface area (Å²) in [6.07, 6.45) is 5.91. The second kappa shape index (κ2) is 8.51. The number of carboxylic acids is 1. The van der Waals surface area contributed by atoms with Crippen molar-refractivity contribution in [2.24, 2.45) is 11.3 Å². The van der Waals surface area contributed by atoms with Crippen LogP contribution in [0.25, 0.3) is 0 Å². The number of carbonyl (C=O) groups excluding carboxylic acids is 1. The summed E-state index contributed by atoms with van der Waals surface area (Å²) < 4.78 is 0. The van der Waals surface area contributed by atoms with Crippen molar-refractivity contribution in [2.75, 3.05) is 31.6 Å². The summed E-state index contributed by atoms with van der Waals surface area (Å²) >= 11 is 1.84. The van der Waals surface area contributed by atoms with Gasteiger partial charge < -0.3 is 15.3 Å². The van der Waals surface area contributed by atoms with E-state index in [0.717, 1.165) is 18.6 Å². The average Bonchev–Trinajstić information content (AvgIpc) is 2.89. The molecule has 0 aliphatic carbocycles. The van der Waals surface area contributed by atoms with Gasteiger partial charge in [0.2, 0.25) is 0 Å². The lowest BCUT2D eigenvalue weighted by Crippen LogP contribution is -2.44. The molecule has 0 radical (unpaired) electrons. The lowest BCUT2D eigenvalue weighted by atomic mass is 9.76. The molecule has 5 nitrogen and oxygen atoms in total. The van der Waals surface area contributed by atoms with Crippen molar-refractivity contribution < 1.29 is 14.7 Å². The predicted octanol–water partition coefficient (Wildman–Crippen LogP) is 2.66. The van der Waals surface area contributed by atoms with Crippen LogP contribution in [0.4, 0.5) is 4.79 Å². The van der Waals surface area contributed by atoms with Crippen LogP contribution in [0.3, 0.4) is 0 Å². The number of rotatable bonds is 8. The molecule has 6 heteroatoms. The number of hydrogen-bond acceptors (Lipinski definition) is 3. The van der Waals surface area contributed by atoms with Gasteiger partial charge in [-0.25, -0.2) is 4.79 Å². The van der Waals surface area contributed by atoms with E-state index in [4.69, 9.17) is 0 Å². The molecule has 1 aliphatic heterocycles. The molecular weight excluding hydrogens is 288 g/mol. The molecule has 1 aliphatic rings. The molecule has 1 fully saturated rings. The summed E-state index contributed by atoms with van der Waals surface area (Å²) in [6, 6.07) is -0.122. The third-order valence-corrected chi connectivity index (χ3v) is 5.12. The molecule has 0 aromatic carbocycles. The number of aliphatic carboxylic acids is 1. The number of unbranched alkanes of at least 4 members (excludes halogenated alkanes) is 2. The van der Waals surface area contributed by atoms with Crippen LogP contribution in [0, 0.1) is 11.3 Å². The average molecular weight is 316 g/mol. The minimum atomic E-state index is -0.787. The van der Waals surface area contributed by atoms with Crippen molar-refractivity contribution in [2.45, 2.75) is 39.5 Å². The molecule has 1 saturated heterocycles. The Morgan fingerprint density at radius 1 is 1.33 bits per heavy atom. The number of amides is 2. The first-order valence-electron chi connectivity index (χ1n) is 7.69. The highest BCUT2D eigenvalue weighted by Gasteiger charge is 2.48. The largest absolute Gasteiger partial charge is 0.481 e. The maximum Gasteiger partial charge on any atom is 0.317 e. The van der Waals surface area contributed by atoms with E-state index in [1.165, 1.54) is 6.42 Å². The van der Waals surface area contributed by atoms with Gasteiger partial charge in [0.1, 0.15) is 0 Å². The normalized spacial score (nSPS) is 21.8. The molecule has 1 rings (SSSR count). The number of urea groups is 1. The highest BCUT2D eigenvalue weighted by molar-refractivity contribution is 7.98. The second-order valence-electron chi connectivity index (χ2n) is 6.07. The Kier molecular flexibility index (Phi) is 7.35. The van der Waals surface area contributed by atoms with E-state index in [0.29, 0.717) is 26.1 Å². The first-order chi connectivity index (χ1) is 9.94. The Morgan fingerprint density at radius 3 is 2.57 bits per heavy atom. The van der Waals surface area contributed by atoms with Crippen molar-refractivity contribution in [3.63, 3.8) is 0 Å². The molecule has 2 N–H and O–H groups in total. The summed E-state index contributed by atoms with van der Waals surface area (Å²) in [4.78, 5) is 25.3. The summed E-state index contributed by atoms with van der Waals surface area (Å²) in [7, 11) is 0. The number of hydrogen-bond donors (Lipinski definition) is 2. The molecule has 0 spiro atoms. The minimum absolute atomic E-state index is 0.0272. The van der Waals surface area contributed by atoms with Crippen LogP contribution >= 0.6 is 11.8 Å². The molecule has 1 heterocycles. The van der Waals surface area contributed by atoms with Crippen molar-refractivity contribution >= 4 is 23.8 Å². The minimum Gasteiger partial charge on any atom is -0.481 e. The van der Waals surface area contributed by atoms with Gasteiger partial charge in [-0.05, 0) is 37.2 Å². The summed E-state index contributed by atoms with van der Waals surface area (Å²) in [5, 5.41) is 12.4. The quantitative estimate of drug-likeness (QED) is 0.676. The van der Waals surface area contributed by atoms with Crippen LogP contribution in [0.2, 0.25) is 0 Å². The van der Waals surface area contributed by atoms with Gasteiger partial charge >= 0.3 is 12.0 Å². The van der Waals surface area contributed by atoms with E-state index in [9.17, 15) is 14.7 Å². The fourth-order valence-corrected chi connectivity index (χ4v) is 3.25. The maximum absolute atomic E-state index is 12.1. The second-order valence-corrected chi connectivity index (χ2v) is 7.06. The van der Waals surface area contributed by atoms with Crippen molar-refractivity contribution in [1.29, 1.82) is 0 Å². The molecule has 21 heavy (non-hydrogen) atoms. The van der Waals surface area contributed by atoms with Crippen LogP contribution in [-0.4, -0.2) is 53.6 Å². The van der Waals surface area contributed by atoms with E-state index in [2.05, 4.69) is 11.6 Å².